The van der Waals surface area contributed by atoms with E-state index in [4.69, 9.17) is 56.9 Å². The molecule has 0 saturated heterocycles. The molecule has 7 rings (SSSR count). The van der Waals surface area contributed by atoms with Gasteiger partial charge in [-0.2, -0.15) is 44.0 Å². The molecule has 13 heteroatoms. The number of hydrogen-bond acceptors (Lipinski definition) is 9. The van der Waals surface area contributed by atoms with Crippen molar-refractivity contribution in [1.82, 2.24) is 0 Å². The van der Waals surface area contributed by atoms with Gasteiger partial charge >= 0.3 is 34.1 Å². The summed E-state index contributed by atoms with van der Waals surface area (Å²) in [5.41, 5.74) is 20.4. The molecule has 86 heavy (non-hydrogen) atoms. The second-order valence-corrected chi connectivity index (χ2v) is 22.2. The summed E-state index contributed by atoms with van der Waals surface area (Å²) in [4.78, 5) is 10.4. The maximum Gasteiger partial charge on any atom is 1.00 e. The Hall–Kier alpha value is -8.48. The molecule has 0 radical (unpaired) electrons. The van der Waals surface area contributed by atoms with E-state index < -0.39 is 5.41 Å². The number of allylic oxidation sites excluding steroid dienone is 2. The second-order valence-electron chi connectivity index (χ2n) is 22.2. The molecule has 0 amide bonds. The first-order valence-corrected chi connectivity index (χ1v) is 27.6. The summed E-state index contributed by atoms with van der Waals surface area (Å²) in [7, 11) is 0. The van der Waals surface area contributed by atoms with E-state index in [1.807, 2.05) is 24.8 Å². The molecule has 0 N–H and O–H groups in total. The van der Waals surface area contributed by atoms with Crippen molar-refractivity contribution in [2.75, 3.05) is 0 Å². The van der Waals surface area contributed by atoms with Crippen LogP contribution in [0.1, 0.15) is 175 Å². The molecule has 6 aromatic carbocycles. The minimum absolute atomic E-state index is 0. The average Bonchev–Trinajstić information content (AvgIpc) is 0.748. The van der Waals surface area contributed by atoms with Crippen molar-refractivity contribution < 1.29 is 38.9 Å². The van der Waals surface area contributed by atoms with E-state index in [0.29, 0.717) is 0 Å². The Kier molecular flexibility index (Phi) is 35.6. The van der Waals surface area contributed by atoms with Gasteiger partial charge < -0.3 is 15.4 Å². The summed E-state index contributed by atoms with van der Waals surface area (Å²) in [6.45, 7) is 44.0. The third kappa shape index (κ3) is 22.8. The van der Waals surface area contributed by atoms with Gasteiger partial charge in [-0.1, -0.05) is 139 Å². The van der Waals surface area contributed by atoms with Crippen molar-refractivity contribution in [3.8, 4) is 47.9 Å². The van der Waals surface area contributed by atoms with Crippen molar-refractivity contribution in [1.29, 1.82) is 31.6 Å². The zero-order chi connectivity index (χ0) is 64.1. The molecule has 1 aliphatic heterocycles. The fraction of sp³-hybridized carbons (Fsp3) is 0.342. The molecular weight excluding hydrogens is 1160 g/mol. The number of benzene rings is 6. The molecule has 0 spiro atoms. The molecule has 11 nitrogen and oxygen atoms in total. The van der Waals surface area contributed by atoms with Crippen LogP contribution in [0, 0.1) is 123 Å². The molecule has 0 aromatic heterocycles. The van der Waals surface area contributed by atoms with Crippen LogP contribution < -0.4 is 4.74 Å². The summed E-state index contributed by atoms with van der Waals surface area (Å²) < 4.78 is 7.56. The molecule has 0 aliphatic carbocycles. The van der Waals surface area contributed by atoms with Gasteiger partial charge in [0.05, 0.1) is 47.8 Å². The first-order valence-electron chi connectivity index (χ1n) is 27.6. The zero-order valence-corrected chi connectivity index (χ0v) is 56.4. The average molecular weight is 1250 g/mol. The molecule has 0 unspecified atom stereocenters. The smallest absolute Gasteiger partial charge is 0.663 e. The Morgan fingerprint density at radius 2 is 0.709 bits per heavy atom. The minimum atomic E-state index is -0.492. The maximum atomic E-state index is 7.56. The number of hydrogen-bond donors (Lipinski definition) is 0. The van der Waals surface area contributed by atoms with Crippen LogP contribution in [-0.2, 0) is 50.4 Å². The molecule has 1 heterocycles. The van der Waals surface area contributed by atoms with Crippen LogP contribution in [0.4, 0.5) is 22.7 Å². The quantitative estimate of drug-likeness (QED) is 0.0957. The van der Waals surface area contributed by atoms with E-state index in [-0.39, 0.29) is 45.0 Å². The molecule has 0 atom stereocenters. The van der Waals surface area contributed by atoms with Crippen molar-refractivity contribution in [2.24, 2.45) is 9.98 Å². The summed E-state index contributed by atoms with van der Waals surface area (Å²) in [6.07, 6.45) is 7.89. The number of ether oxygens (including phenoxy) is 1. The van der Waals surface area contributed by atoms with Crippen LogP contribution in [0.2, 0.25) is 0 Å². The van der Waals surface area contributed by atoms with Crippen molar-refractivity contribution in [3.63, 3.8) is 0 Å². The van der Waals surface area contributed by atoms with Crippen LogP contribution >= 0.6 is 0 Å². The Morgan fingerprint density at radius 1 is 0.442 bits per heavy atom. The second kappa shape index (κ2) is 38.5. The van der Waals surface area contributed by atoms with Gasteiger partial charge in [-0.25, -0.2) is 0 Å². The first-order chi connectivity index (χ1) is 39.5. The number of nitriles is 6. The van der Waals surface area contributed by atoms with Crippen molar-refractivity contribution >= 4 is 46.3 Å². The molecule has 0 fully saturated rings. The number of aryl methyl sites for hydroxylation is 4. The van der Waals surface area contributed by atoms with Gasteiger partial charge in [-0.15, -0.1) is 11.4 Å². The minimum Gasteiger partial charge on any atom is -0.663 e. The molecule has 0 bridgehead atoms. The standard InChI is InChI=1S/C61H68N4O.6C2H3N.2Cu/c1-37-21-17-25-53(41(37)5)62-33-45(34-63-54-26-18-22-38(2)42(54)6)49-29-47(59(9,10)11)31-51-57(49)66-58-50(30-48(60(12,13)14)32-52(58)61(51,15)16)46(35-64-55-27-19-23-39(3)43(55)7)36-65-56-28-20-24-40(4)44(56)8;6*1-2-3;;/h17-36H,1-16H3;6*1H3;;/q-2;;;;;;;2*+1/b45-33+,46-35+,63-34?,65-36?;;;;;;;;. The third-order valence-electron chi connectivity index (χ3n) is 13.8. The van der Waals surface area contributed by atoms with Crippen LogP contribution in [-0.4, -0.2) is 12.4 Å². The van der Waals surface area contributed by atoms with E-state index in [0.717, 1.165) is 89.9 Å². The summed E-state index contributed by atoms with van der Waals surface area (Å²) in [5.74, 6) is 1.58. The Balaban J connectivity index is 0. The maximum absolute atomic E-state index is 7.56. The summed E-state index contributed by atoms with van der Waals surface area (Å²) in [6, 6.07) is 44.9. The SMILES string of the molecule is CC#N.CC#N.CC#N.CC#N.CC#N.CC#N.Cc1cccc(N=C/C(=C\[N-]c2cccc(C)c2C)c2cc(C(C)(C)C)cc3c2Oc2c(/C(C=Nc4cccc(C)c4C)=C/[N-]c4cccc(C)c4C)cc(C(C)(C)C)cc2C3(C)C)c1C.[Cu+].[Cu+]. The molecule has 0 saturated carbocycles. The van der Waals surface area contributed by atoms with E-state index in [2.05, 4.69) is 208 Å². The number of rotatable bonds is 10. The van der Waals surface area contributed by atoms with Gasteiger partial charge in [-0.05, 0) is 146 Å². The topological polar surface area (TPSA) is 205 Å². The van der Waals surface area contributed by atoms with Gasteiger partial charge in [0.15, 0.2) is 0 Å². The van der Waals surface area contributed by atoms with Gasteiger partial charge in [0.25, 0.3) is 0 Å². The number of aliphatic imine (C=N–C) groups is 2. The van der Waals surface area contributed by atoms with E-state index in [1.165, 1.54) is 74.9 Å². The summed E-state index contributed by atoms with van der Waals surface area (Å²) >= 11 is 0. The normalized spacial score (nSPS) is 11.3. The van der Waals surface area contributed by atoms with Gasteiger partial charge in [0, 0.05) is 81.6 Å². The molecule has 1 aliphatic rings. The number of fused-ring (bicyclic) bond motifs is 2. The fourth-order valence-electron chi connectivity index (χ4n) is 8.35. The number of nitrogens with zero attached hydrogens (tertiary/aromatic N) is 10. The third-order valence-corrected chi connectivity index (χ3v) is 13.8. The van der Waals surface area contributed by atoms with E-state index >= 15 is 0 Å². The van der Waals surface area contributed by atoms with Crippen LogP contribution in [0.3, 0.4) is 0 Å². The predicted octanol–water partition coefficient (Wildman–Crippen LogP) is 21.3. The molecule has 6 aromatic rings. The van der Waals surface area contributed by atoms with E-state index in [1.54, 1.807) is 36.4 Å². The molecular formula is C73H86Cu2N10O. The van der Waals surface area contributed by atoms with Gasteiger partial charge in [0.2, 0.25) is 0 Å². The largest absolute Gasteiger partial charge is 1.00 e. The zero-order valence-electron chi connectivity index (χ0n) is 54.5. The van der Waals surface area contributed by atoms with Gasteiger partial charge in [-0.3, -0.25) is 9.98 Å². The van der Waals surface area contributed by atoms with Gasteiger partial charge in [0.1, 0.15) is 11.5 Å². The van der Waals surface area contributed by atoms with Crippen molar-refractivity contribution in [2.45, 2.75) is 169 Å². The summed E-state index contributed by atoms with van der Waals surface area (Å²) in [5, 5.41) is 54.3. The van der Waals surface area contributed by atoms with E-state index in [9.17, 15) is 0 Å². The molecule has 456 valence electrons. The van der Waals surface area contributed by atoms with Crippen LogP contribution in [0.15, 0.2) is 119 Å². The van der Waals surface area contributed by atoms with Crippen LogP contribution in [0.5, 0.6) is 11.5 Å². The Bertz CT molecular complexity index is 3310. The first kappa shape index (κ1) is 79.6. The van der Waals surface area contributed by atoms with Crippen LogP contribution in [0.25, 0.3) is 21.8 Å². The fourth-order valence-corrected chi connectivity index (χ4v) is 8.35. The monoisotopic (exact) mass is 1240 g/mol. The van der Waals surface area contributed by atoms with Crippen molar-refractivity contribution in [3.05, 3.63) is 198 Å². The Morgan fingerprint density at radius 3 is 0.988 bits per heavy atom. The Labute approximate surface area is 537 Å². The predicted molar refractivity (Wildman–Crippen MR) is 352 cm³/mol.